The Hall–Kier alpha value is -3.41. The van der Waals surface area contributed by atoms with E-state index >= 15 is 0 Å². The van der Waals surface area contributed by atoms with Gasteiger partial charge in [0, 0.05) is 31.0 Å². The molecule has 27 heavy (non-hydrogen) atoms. The number of benzene rings is 2. The molecule has 0 fully saturated rings. The van der Waals surface area contributed by atoms with Crippen LogP contribution in [-0.4, -0.2) is 28.1 Å². The quantitative estimate of drug-likeness (QED) is 0.605. The average molecular weight is 362 g/mol. The molecule has 0 spiro atoms. The zero-order valence-electron chi connectivity index (χ0n) is 14.9. The van der Waals surface area contributed by atoms with Crippen molar-refractivity contribution in [1.82, 2.24) is 20.4 Å². The molecule has 3 aromatic rings. The van der Waals surface area contributed by atoms with Crippen molar-refractivity contribution in [3.63, 3.8) is 0 Å². The van der Waals surface area contributed by atoms with Gasteiger partial charge in [0.1, 0.15) is 6.04 Å². The Balaban J connectivity index is 1.62. The SMILES string of the molecule is O=C(NC(C(=O)NCCCn1cccn1)c1ccccc1)c1ccccc1. The summed E-state index contributed by atoms with van der Waals surface area (Å²) in [4.78, 5) is 25.2. The lowest BCUT2D eigenvalue weighted by Gasteiger charge is -2.19. The molecule has 0 saturated carbocycles. The molecule has 2 amide bonds. The van der Waals surface area contributed by atoms with Gasteiger partial charge in [-0.2, -0.15) is 5.10 Å². The van der Waals surface area contributed by atoms with Gasteiger partial charge >= 0.3 is 0 Å². The minimum atomic E-state index is -0.747. The Kier molecular flexibility index (Phi) is 6.35. The minimum absolute atomic E-state index is 0.231. The smallest absolute Gasteiger partial charge is 0.252 e. The van der Waals surface area contributed by atoms with E-state index in [1.54, 1.807) is 30.5 Å². The van der Waals surface area contributed by atoms with E-state index in [2.05, 4.69) is 15.7 Å². The molecule has 0 bridgehead atoms. The summed E-state index contributed by atoms with van der Waals surface area (Å²) >= 11 is 0. The summed E-state index contributed by atoms with van der Waals surface area (Å²) in [7, 11) is 0. The number of aryl methyl sites for hydroxylation is 1. The van der Waals surface area contributed by atoms with Crippen LogP contribution >= 0.6 is 0 Å². The third-order valence-corrected chi connectivity index (χ3v) is 4.13. The van der Waals surface area contributed by atoms with Crippen LogP contribution in [0.2, 0.25) is 0 Å². The molecule has 138 valence electrons. The summed E-state index contributed by atoms with van der Waals surface area (Å²) in [6, 6.07) is 19.2. The second kappa shape index (κ2) is 9.33. The van der Waals surface area contributed by atoms with Crippen molar-refractivity contribution in [3.8, 4) is 0 Å². The van der Waals surface area contributed by atoms with Crippen LogP contribution in [0.4, 0.5) is 0 Å². The highest BCUT2D eigenvalue weighted by Gasteiger charge is 2.22. The molecule has 2 N–H and O–H groups in total. The number of amides is 2. The highest BCUT2D eigenvalue weighted by Crippen LogP contribution is 2.14. The van der Waals surface area contributed by atoms with E-state index in [0.717, 1.165) is 18.5 Å². The zero-order valence-corrected chi connectivity index (χ0v) is 14.9. The first kappa shape index (κ1) is 18.4. The fourth-order valence-electron chi connectivity index (χ4n) is 2.74. The zero-order chi connectivity index (χ0) is 18.9. The van der Waals surface area contributed by atoms with Crippen LogP contribution in [-0.2, 0) is 11.3 Å². The molecular weight excluding hydrogens is 340 g/mol. The number of carbonyl (C=O) groups is 2. The molecular formula is C21H22N4O2. The van der Waals surface area contributed by atoms with Crippen molar-refractivity contribution in [2.45, 2.75) is 19.0 Å². The van der Waals surface area contributed by atoms with Gasteiger partial charge in [0.2, 0.25) is 5.91 Å². The van der Waals surface area contributed by atoms with Gasteiger partial charge in [-0.3, -0.25) is 14.3 Å². The summed E-state index contributed by atoms with van der Waals surface area (Å²) in [6.07, 6.45) is 4.36. The second-order valence-corrected chi connectivity index (χ2v) is 6.10. The summed E-state index contributed by atoms with van der Waals surface area (Å²) in [5.41, 5.74) is 1.26. The molecule has 3 rings (SSSR count). The van der Waals surface area contributed by atoms with Crippen LogP contribution in [0.5, 0.6) is 0 Å². The number of carbonyl (C=O) groups excluding carboxylic acids is 2. The lowest BCUT2D eigenvalue weighted by molar-refractivity contribution is -0.123. The summed E-state index contributed by atoms with van der Waals surface area (Å²) in [5, 5.41) is 9.88. The fraction of sp³-hybridized carbons (Fsp3) is 0.190. The Bertz CT molecular complexity index is 848. The lowest BCUT2D eigenvalue weighted by atomic mass is 10.1. The number of hydrogen-bond donors (Lipinski definition) is 2. The standard InChI is InChI=1S/C21H22N4O2/c26-20(18-11-5-2-6-12-18)24-19(17-9-3-1-4-10-17)21(27)22-13-7-15-25-16-8-14-23-25/h1-6,8-12,14,16,19H,7,13,15H2,(H,22,27)(H,24,26). The predicted molar refractivity (Wildman–Crippen MR) is 103 cm³/mol. The summed E-state index contributed by atoms with van der Waals surface area (Å²) in [6.45, 7) is 1.23. The maximum absolute atomic E-state index is 12.7. The normalized spacial score (nSPS) is 11.6. The predicted octanol–water partition coefficient (Wildman–Crippen LogP) is 2.56. The average Bonchev–Trinajstić information content (AvgIpc) is 3.24. The van der Waals surface area contributed by atoms with Crippen molar-refractivity contribution in [3.05, 3.63) is 90.3 Å². The van der Waals surface area contributed by atoms with E-state index in [1.807, 2.05) is 53.3 Å². The molecule has 0 aliphatic rings. The van der Waals surface area contributed by atoms with Crippen molar-refractivity contribution in [2.24, 2.45) is 0 Å². The van der Waals surface area contributed by atoms with Crippen molar-refractivity contribution >= 4 is 11.8 Å². The van der Waals surface area contributed by atoms with Gasteiger partial charge in [0.05, 0.1) is 0 Å². The maximum Gasteiger partial charge on any atom is 0.252 e. The van der Waals surface area contributed by atoms with Gasteiger partial charge in [-0.1, -0.05) is 48.5 Å². The van der Waals surface area contributed by atoms with Crippen LogP contribution in [0.3, 0.4) is 0 Å². The highest BCUT2D eigenvalue weighted by molar-refractivity contribution is 5.97. The summed E-state index contributed by atoms with van der Waals surface area (Å²) in [5.74, 6) is -0.512. The first-order valence-corrected chi connectivity index (χ1v) is 8.90. The molecule has 0 aliphatic carbocycles. The van der Waals surface area contributed by atoms with Crippen molar-refractivity contribution in [2.75, 3.05) is 6.54 Å². The van der Waals surface area contributed by atoms with Crippen LogP contribution in [0.1, 0.15) is 28.4 Å². The number of aromatic nitrogens is 2. The van der Waals surface area contributed by atoms with E-state index in [9.17, 15) is 9.59 Å². The van der Waals surface area contributed by atoms with Crippen LogP contribution in [0, 0.1) is 0 Å². The fourth-order valence-corrected chi connectivity index (χ4v) is 2.74. The Morgan fingerprint density at radius 2 is 1.67 bits per heavy atom. The Labute approximate surface area is 158 Å². The van der Waals surface area contributed by atoms with E-state index in [4.69, 9.17) is 0 Å². The number of nitrogens with zero attached hydrogens (tertiary/aromatic N) is 2. The van der Waals surface area contributed by atoms with Gasteiger partial charge in [0.25, 0.3) is 5.91 Å². The van der Waals surface area contributed by atoms with Gasteiger partial charge in [-0.25, -0.2) is 0 Å². The van der Waals surface area contributed by atoms with Crippen molar-refractivity contribution in [1.29, 1.82) is 0 Å². The summed E-state index contributed by atoms with van der Waals surface area (Å²) < 4.78 is 1.82. The highest BCUT2D eigenvalue weighted by atomic mass is 16.2. The molecule has 2 aromatic carbocycles. The van der Waals surface area contributed by atoms with E-state index in [-0.39, 0.29) is 11.8 Å². The van der Waals surface area contributed by atoms with Crippen LogP contribution in [0.25, 0.3) is 0 Å². The van der Waals surface area contributed by atoms with Gasteiger partial charge in [0.15, 0.2) is 0 Å². The molecule has 0 aliphatic heterocycles. The largest absolute Gasteiger partial charge is 0.354 e. The van der Waals surface area contributed by atoms with Gasteiger partial charge < -0.3 is 10.6 Å². The van der Waals surface area contributed by atoms with E-state index in [1.165, 1.54) is 0 Å². The molecule has 6 heteroatoms. The van der Waals surface area contributed by atoms with Crippen LogP contribution in [0.15, 0.2) is 79.1 Å². The Morgan fingerprint density at radius 3 is 2.33 bits per heavy atom. The Morgan fingerprint density at radius 1 is 0.963 bits per heavy atom. The number of hydrogen-bond acceptors (Lipinski definition) is 3. The third-order valence-electron chi connectivity index (χ3n) is 4.13. The minimum Gasteiger partial charge on any atom is -0.354 e. The second-order valence-electron chi connectivity index (χ2n) is 6.10. The number of rotatable bonds is 8. The lowest BCUT2D eigenvalue weighted by Crippen LogP contribution is -2.40. The first-order chi connectivity index (χ1) is 13.2. The number of nitrogens with one attached hydrogen (secondary N) is 2. The van der Waals surface area contributed by atoms with Gasteiger partial charge in [-0.05, 0) is 30.2 Å². The van der Waals surface area contributed by atoms with Gasteiger partial charge in [-0.15, -0.1) is 0 Å². The first-order valence-electron chi connectivity index (χ1n) is 8.90. The molecule has 1 unspecified atom stereocenters. The topological polar surface area (TPSA) is 76.0 Å². The maximum atomic E-state index is 12.7. The van der Waals surface area contributed by atoms with Crippen LogP contribution < -0.4 is 10.6 Å². The molecule has 6 nitrogen and oxygen atoms in total. The molecule has 1 heterocycles. The van der Waals surface area contributed by atoms with Crippen molar-refractivity contribution < 1.29 is 9.59 Å². The van der Waals surface area contributed by atoms with E-state index in [0.29, 0.717) is 12.1 Å². The van der Waals surface area contributed by atoms with E-state index < -0.39 is 6.04 Å². The molecule has 0 saturated heterocycles. The third kappa shape index (κ3) is 5.28. The molecule has 1 atom stereocenters. The monoisotopic (exact) mass is 362 g/mol. The molecule has 0 radical (unpaired) electrons. The molecule has 1 aromatic heterocycles.